The number of hydrogen-bond donors (Lipinski definition) is 1. The molecule has 2 aliphatic heterocycles. The van der Waals surface area contributed by atoms with E-state index in [2.05, 4.69) is 23.6 Å². The van der Waals surface area contributed by atoms with Crippen molar-refractivity contribution in [1.82, 2.24) is 9.80 Å². The highest BCUT2D eigenvalue weighted by Crippen LogP contribution is 2.28. The number of rotatable bonds is 4. The summed E-state index contributed by atoms with van der Waals surface area (Å²) in [5.74, 6) is 0.388. The molecular weight excluding hydrogens is 200 g/mol. The summed E-state index contributed by atoms with van der Waals surface area (Å²) in [6.45, 7) is 10.9. The van der Waals surface area contributed by atoms with E-state index < -0.39 is 5.60 Å². The van der Waals surface area contributed by atoms with Crippen LogP contribution in [0.5, 0.6) is 0 Å². The fourth-order valence-corrected chi connectivity index (χ4v) is 2.72. The van der Waals surface area contributed by atoms with E-state index in [1.54, 1.807) is 0 Å². The lowest BCUT2D eigenvalue weighted by atomic mass is 9.83. The Hall–Kier alpha value is -0.120. The van der Waals surface area contributed by atoms with Crippen molar-refractivity contribution in [3.05, 3.63) is 0 Å². The van der Waals surface area contributed by atoms with E-state index in [1.165, 1.54) is 38.9 Å². The number of β-amino-alcohol motifs (C(OH)–C–C–N with tert-alkyl or cyclic N) is 1. The van der Waals surface area contributed by atoms with Crippen LogP contribution in [0.1, 0.15) is 33.1 Å². The molecule has 0 atom stereocenters. The topological polar surface area (TPSA) is 26.7 Å². The zero-order valence-electron chi connectivity index (χ0n) is 10.8. The van der Waals surface area contributed by atoms with E-state index in [0.717, 1.165) is 19.6 Å². The van der Waals surface area contributed by atoms with E-state index in [9.17, 15) is 5.11 Å². The zero-order chi connectivity index (χ0) is 11.6. The molecule has 0 radical (unpaired) electrons. The molecule has 0 aromatic carbocycles. The van der Waals surface area contributed by atoms with Crippen molar-refractivity contribution in [3.8, 4) is 0 Å². The highest BCUT2D eigenvalue weighted by atomic mass is 16.3. The quantitative estimate of drug-likeness (QED) is 0.779. The number of hydrogen-bond acceptors (Lipinski definition) is 3. The van der Waals surface area contributed by atoms with Crippen molar-refractivity contribution in [2.75, 3.05) is 39.3 Å². The van der Waals surface area contributed by atoms with Crippen LogP contribution in [-0.2, 0) is 0 Å². The van der Waals surface area contributed by atoms with Gasteiger partial charge in [-0.3, -0.25) is 4.90 Å². The minimum Gasteiger partial charge on any atom is -0.387 e. The number of aliphatic hydroxyl groups is 1. The number of nitrogens with zero attached hydrogens (tertiary/aromatic N) is 2. The molecule has 0 aromatic heterocycles. The van der Waals surface area contributed by atoms with Gasteiger partial charge in [-0.1, -0.05) is 20.3 Å². The predicted octanol–water partition coefficient (Wildman–Crippen LogP) is 1.17. The Bertz CT molecular complexity index is 218. The first-order chi connectivity index (χ1) is 7.60. The van der Waals surface area contributed by atoms with E-state index in [4.69, 9.17) is 0 Å². The molecule has 0 aromatic rings. The van der Waals surface area contributed by atoms with Gasteiger partial charge in [-0.25, -0.2) is 0 Å². The highest BCUT2D eigenvalue weighted by molar-refractivity contribution is 4.97. The highest BCUT2D eigenvalue weighted by Gasteiger charge is 2.43. The van der Waals surface area contributed by atoms with Crippen LogP contribution >= 0.6 is 0 Å². The zero-order valence-corrected chi connectivity index (χ0v) is 10.8. The third-order valence-corrected chi connectivity index (χ3v) is 4.25. The van der Waals surface area contributed by atoms with Crippen molar-refractivity contribution in [3.63, 3.8) is 0 Å². The van der Waals surface area contributed by atoms with Gasteiger partial charge in [0.25, 0.3) is 0 Å². The van der Waals surface area contributed by atoms with E-state index >= 15 is 0 Å². The van der Waals surface area contributed by atoms with Crippen molar-refractivity contribution >= 4 is 0 Å². The number of piperidine rings is 1. The van der Waals surface area contributed by atoms with Gasteiger partial charge in [0.2, 0.25) is 0 Å². The first-order valence-corrected chi connectivity index (χ1v) is 6.77. The summed E-state index contributed by atoms with van der Waals surface area (Å²) in [6.07, 6.45) is 4.15. The third kappa shape index (κ3) is 2.76. The molecular formula is C13H26N2O. The minimum absolute atomic E-state index is 0.388. The van der Waals surface area contributed by atoms with Crippen LogP contribution in [0.4, 0.5) is 0 Å². The summed E-state index contributed by atoms with van der Waals surface area (Å²) in [5, 5.41) is 10.1. The monoisotopic (exact) mass is 226 g/mol. The minimum atomic E-state index is -0.401. The summed E-state index contributed by atoms with van der Waals surface area (Å²) < 4.78 is 0. The van der Waals surface area contributed by atoms with Crippen LogP contribution in [0.2, 0.25) is 0 Å². The average Bonchev–Trinajstić information content (AvgIpc) is 2.24. The molecule has 3 heteroatoms. The van der Waals surface area contributed by atoms with Gasteiger partial charge in [-0.15, -0.1) is 0 Å². The van der Waals surface area contributed by atoms with E-state index in [0.29, 0.717) is 5.92 Å². The van der Waals surface area contributed by atoms with Crippen LogP contribution < -0.4 is 0 Å². The first-order valence-electron chi connectivity index (χ1n) is 6.77. The fourth-order valence-electron chi connectivity index (χ4n) is 2.72. The first kappa shape index (κ1) is 12.3. The maximum atomic E-state index is 10.1. The molecule has 0 aliphatic carbocycles. The Kier molecular flexibility index (Phi) is 3.88. The second-order valence-corrected chi connectivity index (χ2v) is 5.87. The van der Waals surface area contributed by atoms with Gasteiger partial charge in [0.05, 0.1) is 5.60 Å². The van der Waals surface area contributed by atoms with Gasteiger partial charge >= 0.3 is 0 Å². The SMILES string of the molecule is CC(C)C1(O)CN(CCN2CCCCC2)C1. The molecule has 16 heavy (non-hydrogen) atoms. The Morgan fingerprint density at radius 3 is 2.12 bits per heavy atom. The van der Waals surface area contributed by atoms with Gasteiger partial charge in [-0.2, -0.15) is 0 Å². The second-order valence-electron chi connectivity index (χ2n) is 5.87. The summed E-state index contributed by atoms with van der Waals surface area (Å²) in [6, 6.07) is 0. The van der Waals surface area contributed by atoms with Crippen LogP contribution in [0.25, 0.3) is 0 Å². The van der Waals surface area contributed by atoms with Crippen LogP contribution in [-0.4, -0.2) is 59.8 Å². The van der Waals surface area contributed by atoms with Gasteiger partial charge in [0.15, 0.2) is 0 Å². The average molecular weight is 226 g/mol. The lowest BCUT2D eigenvalue weighted by Gasteiger charge is -2.49. The number of likely N-dealkylation sites (tertiary alicyclic amines) is 2. The summed E-state index contributed by atoms with van der Waals surface area (Å²) in [7, 11) is 0. The Balaban J connectivity index is 1.62. The van der Waals surface area contributed by atoms with Crippen molar-refractivity contribution in [2.45, 2.75) is 38.7 Å². The molecule has 2 aliphatic rings. The maximum Gasteiger partial charge on any atom is 0.0922 e. The lowest BCUT2D eigenvalue weighted by molar-refractivity contribution is -0.128. The lowest BCUT2D eigenvalue weighted by Crippen LogP contribution is -2.65. The van der Waals surface area contributed by atoms with Gasteiger partial charge in [-0.05, 0) is 31.8 Å². The summed E-state index contributed by atoms with van der Waals surface area (Å²) in [4.78, 5) is 4.95. The molecule has 0 bridgehead atoms. The Morgan fingerprint density at radius 2 is 1.56 bits per heavy atom. The largest absolute Gasteiger partial charge is 0.387 e. The predicted molar refractivity (Wildman–Crippen MR) is 66.5 cm³/mol. The summed E-state index contributed by atoms with van der Waals surface area (Å²) in [5.41, 5.74) is -0.401. The normalized spacial score (nSPS) is 27.0. The molecule has 2 fully saturated rings. The second kappa shape index (κ2) is 5.03. The molecule has 3 nitrogen and oxygen atoms in total. The summed E-state index contributed by atoms with van der Waals surface area (Å²) >= 11 is 0. The van der Waals surface area contributed by atoms with Gasteiger partial charge in [0.1, 0.15) is 0 Å². The smallest absolute Gasteiger partial charge is 0.0922 e. The van der Waals surface area contributed by atoms with Crippen LogP contribution in [0, 0.1) is 5.92 Å². The molecule has 94 valence electrons. The van der Waals surface area contributed by atoms with Gasteiger partial charge in [0, 0.05) is 26.2 Å². The molecule has 2 saturated heterocycles. The molecule has 0 saturated carbocycles. The van der Waals surface area contributed by atoms with Crippen molar-refractivity contribution in [1.29, 1.82) is 0 Å². The fraction of sp³-hybridized carbons (Fsp3) is 1.00. The Labute approximate surface area is 99.4 Å². The van der Waals surface area contributed by atoms with E-state index in [1.807, 2.05) is 0 Å². The third-order valence-electron chi connectivity index (χ3n) is 4.25. The molecule has 1 N–H and O–H groups in total. The van der Waals surface area contributed by atoms with E-state index in [-0.39, 0.29) is 0 Å². The molecule has 0 spiro atoms. The maximum absolute atomic E-state index is 10.1. The van der Waals surface area contributed by atoms with Gasteiger partial charge < -0.3 is 10.0 Å². The van der Waals surface area contributed by atoms with Crippen LogP contribution in [0.3, 0.4) is 0 Å². The molecule has 0 amide bonds. The molecule has 2 heterocycles. The van der Waals surface area contributed by atoms with Crippen molar-refractivity contribution < 1.29 is 5.11 Å². The Morgan fingerprint density at radius 1 is 1.00 bits per heavy atom. The van der Waals surface area contributed by atoms with Crippen LogP contribution in [0.15, 0.2) is 0 Å². The van der Waals surface area contributed by atoms with Crippen molar-refractivity contribution in [2.24, 2.45) is 5.92 Å². The standard InChI is InChI=1S/C13H26N2O/c1-12(2)13(16)10-15(11-13)9-8-14-6-4-3-5-7-14/h12,16H,3-11H2,1-2H3. The molecule has 2 rings (SSSR count). The molecule has 0 unspecified atom stereocenters.